The molecule has 0 spiro atoms. The summed E-state index contributed by atoms with van der Waals surface area (Å²) in [6, 6.07) is 34.1. The number of hydrogen-bond donors (Lipinski definition) is 0. The van der Waals surface area contributed by atoms with E-state index in [1.807, 2.05) is 18.2 Å². The molecule has 0 aliphatic rings. The van der Waals surface area contributed by atoms with Gasteiger partial charge in [0.25, 0.3) is 0 Å². The summed E-state index contributed by atoms with van der Waals surface area (Å²) in [6.45, 7) is 2.76. The largest absolute Gasteiger partial charge is 0.319 e. The van der Waals surface area contributed by atoms with Gasteiger partial charge in [-0.05, 0) is 55.1 Å². The summed E-state index contributed by atoms with van der Waals surface area (Å²) >= 11 is 1.72. The van der Waals surface area contributed by atoms with Gasteiger partial charge >= 0.3 is 0 Å². The Kier molecular flexibility index (Phi) is 6.33. The summed E-state index contributed by atoms with van der Waals surface area (Å²) in [7, 11) is 0. The Morgan fingerprint density at radius 2 is 1.35 bits per heavy atom. The van der Waals surface area contributed by atoms with Gasteiger partial charge in [-0.2, -0.15) is 0 Å². The van der Waals surface area contributed by atoms with Gasteiger partial charge in [0.15, 0.2) is 0 Å². The number of thioether (sulfide) groups is 1. The SMILES string of the molecule is CSc1ccc(-c2c(-c3ccc(F)cc3)nc(-c3ccc(C)cc3)n2Cc2ccccc2)cc1. The normalized spacial score (nSPS) is 11.0. The van der Waals surface area contributed by atoms with Crippen LogP contribution >= 0.6 is 11.8 Å². The lowest BCUT2D eigenvalue weighted by Crippen LogP contribution is -2.04. The molecule has 34 heavy (non-hydrogen) atoms. The van der Waals surface area contributed by atoms with Crippen molar-refractivity contribution in [3.05, 3.63) is 120 Å². The predicted molar refractivity (Wildman–Crippen MR) is 141 cm³/mol. The zero-order valence-corrected chi connectivity index (χ0v) is 20.0. The number of rotatable bonds is 6. The summed E-state index contributed by atoms with van der Waals surface area (Å²) in [5.41, 5.74) is 7.31. The fraction of sp³-hybridized carbons (Fsp3) is 0.100. The summed E-state index contributed by atoms with van der Waals surface area (Å²) in [5.74, 6) is 0.643. The van der Waals surface area contributed by atoms with Crippen LogP contribution in [0.5, 0.6) is 0 Å². The molecule has 0 aliphatic carbocycles. The average molecular weight is 465 g/mol. The molecule has 1 heterocycles. The minimum Gasteiger partial charge on any atom is -0.319 e. The highest BCUT2D eigenvalue weighted by Gasteiger charge is 2.21. The van der Waals surface area contributed by atoms with E-state index in [-0.39, 0.29) is 5.82 Å². The van der Waals surface area contributed by atoms with Gasteiger partial charge in [-0.15, -0.1) is 11.8 Å². The van der Waals surface area contributed by atoms with Crippen LogP contribution in [0.15, 0.2) is 108 Å². The first-order chi connectivity index (χ1) is 16.6. The number of benzene rings is 4. The second-order valence-electron chi connectivity index (χ2n) is 8.31. The third-order valence-electron chi connectivity index (χ3n) is 5.94. The number of halogens is 1. The molecule has 0 saturated heterocycles. The third kappa shape index (κ3) is 4.55. The molecule has 4 aromatic carbocycles. The van der Waals surface area contributed by atoms with Crippen molar-refractivity contribution in [3.8, 4) is 33.9 Å². The van der Waals surface area contributed by atoms with Crippen molar-refractivity contribution in [2.45, 2.75) is 18.4 Å². The van der Waals surface area contributed by atoms with Crippen LogP contribution in [0.25, 0.3) is 33.9 Å². The van der Waals surface area contributed by atoms with Gasteiger partial charge in [0.2, 0.25) is 0 Å². The molecule has 5 rings (SSSR count). The van der Waals surface area contributed by atoms with Crippen molar-refractivity contribution < 1.29 is 4.39 Å². The standard InChI is InChI=1S/C30H25FN2S/c1-21-8-10-25(11-9-21)30-32-28(23-12-16-26(31)17-13-23)29(24-14-18-27(34-2)19-15-24)33(30)20-22-6-4-3-5-7-22/h3-19H,20H2,1-2H3. The maximum Gasteiger partial charge on any atom is 0.141 e. The van der Waals surface area contributed by atoms with Gasteiger partial charge in [-0.3, -0.25) is 0 Å². The summed E-state index contributed by atoms with van der Waals surface area (Å²) < 4.78 is 16.0. The van der Waals surface area contributed by atoms with Crippen LogP contribution in [-0.4, -0.2) is 15.8 Å². The molecular formula is C30H25FN2S. The van der Waals surface area contributed by atoms with Crippen molar-refractivity contribution in [3.63, 3.8) is 0 Å². The van der Waals surface area contributed by atoms with E-state index >= 15 is 0 Å². The van der Waals surface area contributed by atoms with Crippen LogP contribution in [-0.2, 0) is 6.54 Å². The zero-order chi connectivity index (χ0) is 23.5. The molecule has 0 aliphatic heterocycles. The van der Waals surface area contributed by atoms with E-state index in [4.69, 9.17) is 4.98 Å². The van der Waals surface area contributed by atoms with Crippen LogP contribution in [0.2, 0.25) is 0 Å². The Hall–Kier alpha value is -3.63. The van der Waals surface area contributed by atoms with Gasteiger partial charge in [-0.25, -0.2) is 9.37 Å². The van der Waals surface area contributed by atoms with Crippen LogP contribution in [0.3, 0.4) is 0 Å². The van der Waals surface area contributed by atoms with E-state index in [0.717, 1.165) is 33.9 Å². The van der Waals surface area contributed by atoms with Crippen molar-refractivity contribution in [1.82, 2.24) is 9.55 Å². The molecule has 2 nitrogen and oxygen atoms in total. The summed E-state index contributed by atoms with van der Waals surface area (Å²) in [4.78, 5) is 6.37. The number of aromatic nitrogens is 2. The second-order valence-corrected chi connectivity index (χ2v) is 9.19. The van der Waals surface area contributed by atoms with Crippen LogP contribution < -0.4 is 0 Å². The van der Waals surface area contributed by atoms with Gasteiger partial charge in [0, 0.05) is 28.1 Å². The molecule has 0 unspecified atom stereocenters. The lowest BCUT2D eigenvalue weighted by atomic mass is 10.0. The molecule has 0 fully saturated rings. The first kappa shape index (κ1) is 22.2. The maximum absolute atomic E-state index is 13.8. The highest BCUT2D eigenvalue weighted by molar-refractivity contribution is 7.98. The van der Waals surface area contributed by atoms with Crippen molar-refractivity contribution in [1.29, 1.82) is 0 Å². The molecule has 0 atom stereocenters. The van der Waals surface area contributed by atoms with Crippen molar-refractivity contribution >= 4 is 11.8 Å². The first-order valence-corrected chi connectivity index (χ1v) is 12.5. The van der Waals surface area contributed by atoms with Gasteiger partial charge in [0.05, 0.1) is 11.4 Å². The van der Waals surface area contributed by atoms with E-state index in [9.17, 15) is 4.39 Å². The predicted octanol–water partition coefficient (Wildman–Crippen LogP) is 8.10. The quantitative estimate of drug-likeness (QED) is 0.236. The zero-order valence-electron chi connectivity index (χ0n) is 19.2. The summed E-state index contributed by atoms with van der Waals surface area (Å²) in [5, 5.41) is 0. The Balaban J connectivity index is 1.78. The van der Waals surface area contributed by atoms with E-state index in [1.54, 1.807) is 11.8 Å². The van der Waals surface area contributed by atoms with Crippen LogP contribution in [0, 0.1) is 12.7 Å². The van der Waals surface area contributed by atoms with Gasteiger partial charge in [-0.1, -0.05) is 72.3 Å². The highest BCUT2D eigenvalue weighted by atomic mass is 32.2. The minimum atomic E-state index is -0.253. The van der Waals surface area contributed by atoms with Gasteiger partial charge in [0.1, 0.15) is 11.6 Å². The Morgan fingerprint density at radius 1 is 0.735 bits per heavy atom. The van der Waals surface area contributed by atoms with E-state index in [0.29, 0.717) is 6.54 Å². The molecule has 0 saturated carbocycles. The molecular weight excluding hydrogens is 439 g/mol. The Labute approximate surface area is 204 Å². The lowest BCUT2D eigenvalue weighted by molar-refractivity contribution is 0.628. The topological polar surface area (TPSA) is 17.8 Å². The molecule has 0 bridgehead atoms. The van der Waals surface area contributed by atoms with E-state index in [2.05, 4.69) is 90.5 Å². The first-order valence-electron chi connectivity index (χ1n) is 11.2. The van der Waals surface area contributed by atoms with Crippen LogP contribution in [0.4, 0.5) is 4.39 Å². The number of hydrogen-bond acceptors (Lipinski definition) is 2. The molecule has 5 aromatic rings. The fourth-order valence-electron chi connectivity index (χ4n) is 4.15. The van der Waals surface area contributed by atoms with Crippen molar-refractivity contribution in [2.24, 2.45) is 0 Å². The highest BCUT2D eigenvalue weighted by Crippen LogP contribution is 2.37. The smallest absolute Gasteiger partial charge is 0.141 e. The molecule has 168 valence electrons. The van der Waals surface area contributed by atoms with Crippen LogP contribution in [0.1, 0.15) is 11.1 Å². The number of nitrogens with zero attached hydrogens (tertiary/aromatic N) is 2. The Bertz CT molecular complexity index is 1390. The van der Waals surface area contributed by atoms with E-state index < -0.39 is 0 Å². The van der Waals surface area contributed by atoms with E-state index in [1.165, 1.54) is 28.2 Å². The molecule has 0 amide bonds. The monoisotopic (exact) mass is 464 g/mol. The second kappa shape index (κ2) is 9.70. The Morgan fingerprint density at radius 3 is 2.00 bits per heavy atom. The molecule has 0 N–H and O–H groups in total. The van der Waals surface area contributed by atoms with Crippen molar-refractivity contribution in [2.75, 3.05) is 6.26 Å². The number of aryl methyl sites for hydroxylation is 1. The molecule has 4 heteroatoms. The summed E-state index contributed by atoms with van der Waals surface area (Å²) in [6.07, 6.45) is 2.08. The minimum absolute atomic E-state index is 0.253. The van der Waals surface area contributed by atoms with Gasteiger partial charge < -0.3 is 4.57 Å². The number of imidazole rings is 1. The average Bonchev–Trinajstić information content (AvgIpc) is 3.24. The molecule has 1 aromatic heterocycles. The third-order valence-corrected chi connectivity index (χ3v) is 6.69. The maximum atomic E-state index is 13.8. The fourth-order valence-corrected chi connectivity index (χ4v) is 4.55. The molecule has 0 radical (unpaired) electrons. The lowest BCUT2D eigenvalue weighted by Gasteiger charge is -2.14.